The molecule has 0 saturated heterocycles. The number of methoxy groups -OCH3 is 1. The topological polar surface area (TPSA) is 55.5 Å². The zero-order chi connectivity index (χ0) is 14.6. The second-order valence-electron chi connectivity index (χ2n) is 7.68. The van der Waals surface area contributed by atoms with E-state index in [1.807, 2.05) is 6.07 Å². The predicted molar refractivity (Wildman–Crippen MR) is 82.2 cm³/mol. The Kier molecular flexibility index (Phi) is 2.97. The molecule has 1 atom stereocenters. The van der Waals surface area contributed by atoms with E-state index in [1.165, 1.54) is 38.5 Å². The van der Waals surface area contributed by atoms with Crippen molar-refractivity contribution in [3.05, 3.63) is 23.8 Å². The molecule has 4 aliphatic rings. The summed E-state index contributed by atoms with van der Waals surface area (Å²) in [4.78, 5) is 0. The molecule has 0 spiro atoms. The van der Waals surface area contributed by atoms with Crippen LogP contribution in [0.15, 0.2) is 18.2 Å². The van der Waals surface area contributed by atoms with Gasteiger partial charge in [0.25, 0.3) is 0 Å². The molecule has 1 aromatic rings. The molecule has 3 N–H and O–H groups in total. The number of ether oxygens (including phenoxy) is 1. The summed E-state index contributed by atoms with van der Waals surface area (Å²) in [6.45, 7) is 0. The quantitative estimate of drug-likeness (QED) is 0.892. The van der Waals surface area contributed by atoms with E-state index in [2.05, 4.69) is 0 Å². The van der Waals surface area contributed by atoms with Crippen LogP contribution in [-0.4, -0.2) is 12.2 Å². The van der Waals surface area contributed by atoms with Gasteiger partial charge in [-0.25, -0.2) is 0 Å². The maximum absolute atomic E-state index is 9.66. The van der Waals surface area contributed by atoms with E-state index in [9.17, 15) is 5.11 Å². The third kappa shape index (κ3) is 2.05. The largest absolute Gasteiger partial charge is 0.508 e. The minimum Gasteiger partial charge on any atom is -0.508 e. The van der Waals surface area contributed by atoms with Crippen LogP contribution in [0.4, 0.5) is 0 Å². The summed E-state index contributed by atoms with van der Waals surface area (Å²) >= 11 is 0. The Morgan fingerprint density at radius 3 is 2.24 bits per heavy atom. The number of phenolic OH excluding ortho intramolecular Hbond substituents is 1. The molecule has 0 aliphatic heterocycles. The molecule has 4 saturated carbocycles. The van der Waals surface area contributed by atoms with Gasteiger partial charge in [0.15, 0.2) is 0 Å². The Morgan fingerprint density at radius 1 is 1.14 bits per heavy atom. The highest BCUT2D eigenvalue weighted by molar-refractivity contribution is 5.43. The summed E-state index contributed by atoms with van der Waals surface area (Å²) < 4.78 is 5.47. The highest BCUT2D eigenvalue weighted by atomic mass is 16.5. The molecule has 5 rings (SSSR count). The fraction of sp³-hybridized carbons (Fsp3) is 0.667. The van der Waals surface area contributed by atoms with Gasteiger partial charge in [0.1, 0.15) is 11.5 Å². The van der Waals surface area contributed by atoms with Crippen molar-refractivity contribution in [3.63, 3.8) is 0 Å². The number of rotatable bonds is 3. The molecule has 114 valence electrons. The first-order valence-electron chi connectivity index (χ1n) is 8.22. The van der Waals surface area contributed by atoms with Gasteiger partial charge in [0, 0.05) is 17.7 Å². The van der Waals surface area contributed by atoms with Gasteiger partial charge in [0.2, 0.25) is 0 Å². The average molecular weight is 287 g/mol. The number of hydrogen-bond donors (Lipinski definition) is 2. The fourth-order valence-corrected chi connectivity index (χ4v) is 5.85. The SMILES string of the molecule is COc1cc(O)ccc1C(N)C12CC3CC(CC(C3)C1)C2. The van der Waals surface area contributed by atoms with Gasteiger partial charge in [0.05, 0.1) is 7.11 Å². The lowest BCUT2D eigenvalue weighted by Gasteiger charge is -2.59. The number of phenols is 1. The molecular weight excluding hydrogens is 262 g/mol. The maximum Gasteiger partial charge on any atom is 0.127 e. The molecule has 4 fully saturated rings. The first kappa shape index (κ1) is 13.4. The molecule has 0 heterocycles. The lowest BCUT2D eigenvalue weighted by atomic mass is 9.47. The van der Waals surface area contributed by atoms with Crippen molar-refractivity contribution < 1.29 is 9.84 Å². The van der Waals surface area contributed by atoms with Gasteiger partial charge in [-0.3, -0.25) is 0 Å². The van der Waals surface area contributed by atoms with E-state index in [0.29, 0.717) is 0 Å². The zero-order valence-corrected chi connectivity index (χ0v) is 12.7. The molecule has 1 unspecified atom stereocenters. The van der Waals surface area contributed by atoms with Crippen LogP contribution in [0.2, 0.25) is 0 Å². The van der Waals surface area contributed by atoms with Crippen LogP contribution in [-0.2, 0) is 0 Å². The van der Waals surface area contributed by atoms with Crippen molar-refractivity contribution >= 4 is 0 Å². The Labute approximate surface area is 126 Å². The first-order valence-corrected chi connectivity index (χ1v) is 8.22. The number of hydrogen-bond acceptors (Lipinski definition) is 3. The minimum absolute atomic E-state index is 0.0291. The Morgan fingerprint density at radius 2 is 1.71 bits per heavy atom. The number of aromatic hydroxyl groups is 1. The first-order chi connectivity index (χ1) is 10.1. The molecule has 1 aromatic carbocycles. The smallest absolute Gasteiger partial charge is 0.127 e. The zero-order valence-electron chi connectivity index (χ0n) is 12.7. The molecule has 0 amide bonds. The van der Waals surface area contributed by atoms with Crippen LogP contribution in [0.1, 0.15) is 50.1 Å². The van der Waals surface area contributed by atoms with Crippen LogP contribution >= 0.6 is 0 Å². The lowest BCUT2D eigenvalue weighted by molar-refractivity contribution is -0.0680. The van der Waals surface area contributed by atoms with Crippen molar-refractivity contribution in [1.82, 2.24) is 0 Å². The third-order valence-electron chi connectivity index (χ3n) is 6.30. The molecular formula is C18H25NO2. The number of benzene rings is 1. The van der Waals surface area contributed by atoms with Crippen molar-refractivity contribution in [1.29, 1.82) is 0 Å². The molecule has 21 heavy (non-hydrogen) atoms. The fourth-order valence-electron chi connectivity index (χ4n) is 5.85. The molecule has 3 heteroatoms. The predicted octanol–water partition coefficient (Wildman–Crippen LogP) is 3.62. The number of nitrogens with two attached hydrogens (primary N) is 1. The van der Waals surface area contributed by atoms with Gasteiger partial charge >= 0.3 is 0 Å². The second-order valence-corrected chi connectivity index (χ2v) is 7.68. The van der Waals surface area contributed by atoms with E-state index >= 15 is 0 Å². The Hall–Kier alpha value is -1.22. The highest BCUT2D eigenvalue weighted by Gasteiger charge is 2.53. The third-order valence-corrected chi connectivity index (χ3v) is 6.30. The van der Waals surface area contributed by atoms with Crippen molar-refractivity contribution in [3.8, 4) is 11.5 Å². The van der Waals surface area contributed by atoms with Gasteiger partial charge in [-0.15, -0.1) is 0 Å². The summed E-state index contributed by atoms with van der Waals surface area (Å²) in [5.74, 6) is 3.66. The van der Waals surface area contributed by atoms with E-state index in [0.717, 1.165) is 29.1 Å². The molecule has 4 bridgehead atoms. The molecule has 4 aliphatic carbocycles. The molecule has 0 aromatic heterocycles. The molecule has 0 radical (unpaired) electrons. The van der Waals surface area contributed by atoms with Crippen LogP contribution in [0.25, 0.3) is 0 Å². The normalized spacial score (nSPS) is 38.5. The summed E-state index contributed by atoms with van der Waals surface area (Å²) in [7, 11) is 1.66. The molecule has 3 nitrogen and oxygen atoms in total. The maximum atomic E-state index is 9.66. The van der Waals surface area contributed by atoms with Crippen LogP contribution < -0.4 is 10.5 Å². The van der Waals surface area contributed by atoms with Crippen LogP contribution in [0.5, 0.6) is 11.5 Å². The van der Waals surface area contributed by atoms with Gasteiger partial charge in [-0.1, -0.05) is 6.07 Å². The monoisotopic (exact) mass is 287 g/mol. The van der Waals surface area contributed by atoms with Crippen molar-refractivity contribution in [2.45, 2.75) is 44.6 Å². The van der Waals surface area contributed by atoms with Gasteiger partial charge < -0.3 is 15.6 Å². The second kappa shape index (κ2) is 4.64. The Bertz CT molecular complexity index is 519. The lowest BCUT2D eigenvalue weighted by Crippen LogP contribution is -2.50. The van der Waals surface area contributed by atoms with E-state index in [1.54, 1.807) is 19.2 Å². The van der Waals surface area contributed by atoms with Gasteiger partial charge in [-0.2, -0.15) is 0 Å². The van der Waals surface area contributed by atoms with Crippen molar-refractivity contribution in [2.75, 3.05) is 7.11 Å². The minimum atomic E-state index is 0.0291. The van der Waals surface area contributed by atoms with Crippen molar-refractivity contribution in [2.24, 2.45) is 28.9 Å². The summed E-state index contributed by atoms with van der Waals surface area (Å²) in [5, 5.41) is 9.66. The van der Waals surface area contributed by atoms with Crippen LogP contribution in [0, 0.1) is 23.2 Å². The highest BCUT2D eigenvalue weighted by Crippen LogP contribution is 2.64. The van der Waals surface area contributed by atoms with E-state index < -0.39 is 0 Å². The summed E-state index contributed by atoms with van der Waals surface area (Å²) in [6, 6.07) is 5.41. The van der Waals surface area contributed by atoms with E-state index in [4.69, 9.17) is 10.5 Å². The van der Waals surface area contributed by atoms with Crippen LogP contribution in [0.3, 0.4) is 0 Å². The summed E-state index contributed by atoms with van der Waals surface area (Å²) in [5.41, 5.74) is 8.09. The van der Waals surface area contributed by atoms with Gasteiger partial charge in [-0.05, 0) is 67.8 Å². The Balaban J connectivity index is 1.70. The average Bonchev–Trinajstić information content (AvgIpc) is 2.45. The summed E-state index contributed by atoms with van der Waals surface area (Å²) in [6.07, 6.45) is 8.13. The van der Waals surface area contributed by atoms with E-state index in [-0.39, 0.29) is 17.2 Å². The standard InChI is InChI=1S/C18H25NO2/c1-21-16-7-14(20)2-3-15(16)17(19)18-8-11-4-12(9-18)6-13(5-11)10-18/h2-3,7,11-13,17,20H,4-6,8-10,19H2,1H3.